The van der Waals surface area contributed by atoms with Crippen molar-refractivity contribution in [2.75, 3.05) is 0 Å². The van der Waals surface area contributed by atoms with Crippen molar-refractivity contribution in [2.45, 2.75) is 6.54 Å². The highest BCUT2D eigenvalue weighted by Crippen LogP contribution is 2.19. The van der Waals surface area contributed by atoms with Crippen molar-refractivity contribution in [3.8, 4) is 0 Å². The molecule has 5 nitrogen and oxygen atoms in total. The van der Waals surface area contributed by atoms with E-state index in [2.05, 4.69) is 0 Å². The molecule has 0 saturated carbocycles. The first-order chi connectivity index (χ1) is 7.72. The van der Waals surface area contributed by atoms with Gasteiger partial charge in [-0.1, -0.05) is 0 Å². The second-order valence-corrected chi connectivity index (χ2v) is 3.99. The number of aldehydes is 1. The summed E-state index contributed by atoms with van der Waals surface area (Å²) in [6.07, 6.45) is 0.624. The molecule has 0 aromatic carbocycles. The quantitative estimate of drug-likeness (QED) is 0.465. The van der Waals surface area contributed by atoms with Gasteiger partial charge in [-0.2, -0.15) is 11.3 Å². The molecule has 0 aliphatic rings. The molecule has 0 radical (unpaired) electrons. The van der Waals surface area contributed by atoms with Crippen molar-refractivity contribution in [1.29, 1.82) is 0 Å². The SMILES string of the molecule is O=Cc1ccc([N+](=O)[O-])n1Cc1ccsc1. The zero-order chi connectivity index (χ0) is 11.5. The number of nitrogens with zero attached hydrogens (tertiary/aromatic N) is 2. The van der Waals surface area contributed by atoms with E-state index >= 15 is 0 Å². The fourth-order valence-corrected chi connectivity index (χ4v) is 2.13. The Morgan fingerprint density at radius 2 is 2.25 bits per heavy atom. The van der Waals surface area contributed by atoms with Crippen molar-refractivity contribution in [3.63, 3.8) is 0 Å². The highest BCUT2D eigenvalue weighted by molar-refractivity contribution is 7.07. The predicted octanol–water partition coefficient (Wildman–Crippen LogP) is 2.32. The monoisotopic (exact) mass is 236 g/mol. The Bertz CT molecular complexity index is 516. The average molecular weight is 236 g/mol. The molecule has 0 N–H and O–H groups in total. The van der Waals surface area contributed by atoms with Crippen molar-refractivity contribution >= 4 is 23.4 Å². The smallest absolute Gasteiger partial charge is 0.323 e. The number of carbonyl (C=O) groups excluding carboxylic acids is 1. The maximum Gasteiger partial charge on any atom is 0.323 e. The van der Waals surface area contributed by atoms with Gasteiger partial charge in [0.25, 0.3) is 0 Å². The summed E-state index contributed by atoms with van der Waals surface area (Å²) in [6, 6.07) is 4.68. The van der Waals surface area contributed by atoms with Gasteiger partial charge in [0, 0.05) is 11.6 Å². The van der Waals surface area contributed by atoms with E-state index in [1.165, 1.54) is 28.0 Å². The van der Waals surface area contributed by atoms with Crippen LogP contribution in [0.4, 0.5) is 5.82 Å². The first-order valence-electron chi connectivity index (χ1n) is 4.52. The molecule has 0 saturated heterocycles. The summed E-state index contributed by atoms with van der Waals surface area (Å²) in [6.45, 7) is 0.348. The highest BCUT2D eigenvalue weighted by Gasteiger charge is 2.18. The normalized spacial score (nSPS) is 10.2. The van der Waals surface area contributed by atoms with Crippen LogP contribution < -0.4 is 0 Å². The summed E-state index contributed by atoms with van der Waals surface area (Å²) in [5, 5.41) is 14.5. The van der Waals surface area contributed by atoms with Crippen LogP contribution in [0.5, 0.6) is 0 Å². The average Bonchev–Trinajstić information content (AvgIpc) is 2.87. The number of nitro groups is 1. The molecule has 2 aromatic rings. The van der Waals surface area contributed by atoms with Crippen molar-refractivity contribution < 1.29 is 9.72 Å². The zero-order valence-corrected chi connectivity index (χ0v) is 9.02. The molecule has 6 heteroatoms. The molecule has 0 atom stereocenters. The van der Waals surface area contributed by atoms with Gasteiger partial charge >= 0.3 is 5.82 Å². The summed E-state index contributed by atoms with van der Waals surface area (Å²) < 4.78 is 1.40. The van der Waals surface area contributed by atoms with Crippen LogP contribution in [0.3, 0.4) is 0 Å². The lowest BCUT2D eigenvalue weighted by atomic mass is 10.3. The minimum Gasteiger partial charge on any atom is -0.358 e. The third-order valence-corrected chi connectivity index (χ3v) is 2.95. The van der Waals surface area contributed by atoms with Gasteiger partial charge < -0.3 is 10.1 Å². The van der Waals surface area contributed by atoms with Crippen molar-refractivity contribution in [1.82, 2.24) is 4.57 Å². The van der Waals surface area contributed by atoms with Crippen LogP contribution in [0.1, 0.15) is 16.1 Å². The van der Waals surface area contributed by atoms with E-state index < -0.39 is 4.92 Å². The van der Waals surface area contributed by atoms with Crippen LogP contribution in [0, 0.1) is 10.1 Å². The molecule has 2 rings (SSSR count). The molecule has 2 aromatic heterocycles. The van der Waals surface area contributed by atoms with Gasteiger partial charge in [-0.15, -0.1) is 0 Å². The second kappa shape index (κ2) is 4.28. The number of thiophene rings is 1. The topological polar surface area (TPSA) is 65.1 Å². The molecule has 2 heterocycles. The van der Waals surface area contributed by atoms with Crippen LogP contribution in [0.25, 0.3) is 0 Å². The molecule has 82 valence electrons. The number of carbonyl (C=O) groups is 1. The second-order valence-electron chi connectivity index (χ2n) is 3.21. The molecule has 0 bridgehead atoms. The van der Waals surface area contributed by atoms with Gasteiger partial charge in [-0.25, -0.2) is 4.57 Å². The van der Waals surface area contributed by atoms with Crippen LogP contribution in [-0.4, -0.2) is 15.8 Å². The van der Waals surface area contributed by atoms with Gasteiger partial charge in [0.15, 0.2) is 12.0 Å². The van der Waals surface area contributed by atoms with E-state index in [1.54, 1.807) is 0 Å². The van der Waals surface area contributed by atoms with Crippen LogP contribution in [0.2, 0.25) is 0 Å². The fourth-order valence-electron chi connectivity index (χ4n) is 1.47. The third-order valence-electron chi connectivity index (χ3n) is 2.22. The summed E-state index contributed by atoms with van der Waals surface area (Å²) in [5.74, 6) is -0.0618. The first-order valence-corrected chi connectivity index (χ1v) is 5.47. The zero-order valence-electron chi connectivity index (χ0n) is 8.20. The molecule has 0 amide bonds. The van der Waals surface area contributed by atoms with Gasteiger partial charge in [-0.3, -0.25) is 4.79 Å². The lowest BCUT2D eigenvalue weighted by Gasteiger charge is -2.01. The van der Waals surface area contributed by atoms with E-state index in [0.29, 0.717) is 18.5 Å². The summed E-state index contributed by atoms with van der Waals surface area (Å²) in [7, 11) is 0. The number of rotatable bonds is 4. The molecule has 0 aliphatic heterocycles. The molecular formula is C10H8N2O3S. The number of hydrogen-bond acceptors (Lipinski definition) is 4. The standard InChI is InChI=1S/C10H8N2O3S/c13-6-9-1-2-10(12(14)15)11(9)5-8-3-4-16-7-8/h1-4,6-7H,5H2. The molecule has 0 aliphatic carbocycles. The molecular weight excluding hydrogens is 228 g/mol. The van der Waals surface area contributed by atoms with E-state index in [4.69, 9.17) is 0 Å². The van der Waals surface area contributed by atoms with Crippen LogP contribution in [-0.2, 0) is 6.54 Å². The van der Waals surface area contributed by atoms with Crippen LogP contribution in [0.15, 0.2) is 29.0 Å². The Morgan fingerprint density at radius 1 is 1.44 bits per heavy atom. The Morgan fingerprint density at radius 3 is 2.81 bits per heavy atom. The molecule has 0 unspecified atom stereocenters. The minimum absolute atomic E-state index is 0.0618. The summed E-state index contributed by atoms with van der Waals surface area (Å²) >= 11 is 1.52. The fraction of sp³-hybridized carbons (Fsp3) is 0.100. The Balaban J connectivity index is 2.40. The first kappa shape index (κ1) is 10.6. The predicted molar refractivity (Wildman–Crippen MR) is 59.9 cm³/mol. The number of hydrogen-bond donors (Lipinski definition) is 0. The summed E-state index contributed by atoms with van der Waals surface area (Å²) in [5.41, 5.74) is 1.27. The van der Waals surface area contributed by atoms with Crippen molar-refractivity contribution in [2.24, 2.45) is 0 Å². The third kappa shape index (κ3) is 1.87. The van der Waals surface area contributed by atoms with E-state index in [-0.39, 0.29) is 5.82 Å². The van der Waals surface area contributed by atoms with Crippen molar-refractivity contribution in [3.05, 3.63) is 50.3 Å². The highest BCUT2D eigenvalue weighted by atomic mass is 32.1. The van der Waals surface area contributed by atoms with Gasteiger partial charge in [0.2, 0.25) is 0 Å². The minimum atomic E-state index is -0.487. The van der Waals surface area contributed by atoms with E-state index in [1.807, 2.05) is 16.8 Å². The molecule has 16 heavy (non-hydrogen) atoms. The Labute approximate surface area is 95.1 Å². The maximum atomic E-state index is 10.8. The summed E-state index contributed by atoms with van der Waals surface area (Å²) in [4.78, 5) is 21.0. The van der Waals surface area contributed by atoms with E-state index in [9.17, 15) is 14.9 Å². The Kier molecular flexibility index (Phi) is 2.82. The number of aromatic nitrogens is 1. The van der Waals surface area contributed by atoms with E-state index in [0.717, 1.165) is 5.56 Å². The lowest BCUT2D eigenvalue weighted by molar-refractivity contribution is -0.392. The largest absolute Gasteiger partial charge is 0.358 e. The lowest BCUT2D eigenvalue weighted by Crippen LogP contribution is -2.06. The molecule has 0 spiro atoms. The maximum absolute atomic E-state index is 10.8. The van der Waals surface area contributed by atoms with Gasteiger partial charge in [0.1, 0.15) is 6.54 Å². The Hall–Kier alpha value is -1.95. The van der Waals surface area contributed by atoms with Gasteiger partial charge in [0.05, 0.1) is 0 Å². The molecule has 0 fully saturated rings. The van der Waals surface area contributed by atoms with Gasteiger partial charge in [-0.05, 0) is 27.8 Å². The van der Waals surface area contributed by atoms with Crippen LogP contribution >= 0.6 is 11.3 Å².